The Morgan fingerprint density at radius 2 is 1.74 bits per heavy atom. The number of anilines is 1. The van der Waals surface area contributed by atoms with Crippen LogP contribution in [0.2, 0.25) is 0 Å². The van der Waals surface area contributed by atoms with E-state index in [-0.39, 0.29) is 5.69 Å². The lowest BCUT2D eigenvalue weighted by Gasteiger charge is -2.19. The zero-order valence-corrected chi connectivity index (χ0v) is 12.2. The van der Waals surface area contributed by atoms with Crippen molar-refractivity contribution in [2.45, 2.75) is 34.6 Å². The molecule has 0 saturated carbocycles. The topological polar surface area (TPSA) is 50.5 Å². The fourth-order valence-electron chi connectivity index (χ4n) is 2.19. The molecule has 0 aromatic carbocycles. The van der Waals surface area contributed by atoms with E-state index in [9.17, 15) is 4.79 Å². The van der Waals surface area contributed by atoms with Crippen LogP contribution in [-0.4, -0.2) is 27.5 Å². The van der Waals surface area contributed by atoms with Gasteiger partial charge in [-0.05, 0) is 51.3 Å². The van der Waals surface area contributed by atoms with E-state index in [1.165, 1.54) is 9.96 Å². The molecule has 0 unspecified atom stereocenters. The van der Waals surface area contributed by atoms with Crippen LogP contribution in [-0.2, 0) is 0 Å². The van der Waals surface area contributed by atoms with Crippen LogP contribution in [0.15, 0.2) is 11.0 Å². The second-order valence-corrected chi connectivity index (χ2v) is 4.73. The molecular formula is C14H20N4O. The summed E-state index contributed by atoms with van der Waals surface area (Å²) in [7, 11) is 0. The van der Waals surface area contributed by atoms with Crippen LogP contribution >= 0.6 is 0 Å². The molecule has 0 radical (unpaired) electrons. The van der Waals surface area contributed by atoms with Crippen LogP contribution < -0.4 is 10.6 Å². The predicted molar refractivity (Wildman–Crippen MR) is 77.0 cm³/mol. The summed E-state index contributed by atoms with van der Waals surface area (Å²) in [6.45, 7) is 11.7. The molecule has 19 heavy (non-hydrogen) atoms. The second kappa shape index (κ2) is 4.99. The van der Waals surface area contributed by atoms with Gasteiger partial charge in [0.05, 0.1) is 0 Å². The minimum Gasteiger partial charge on any atom is -0.341 e. The van der Waals surface area contributed by atoms with Crippen molar-refractivity contribution in [1.29, 1.82) is 0 Å². The molecule has 5 nitrogen and oxygen atoms in total. The van der Waals surface area contributed by atoms with Gasteiger partial charge in [0.1, 0.15) is 5.65 Å². The van der Waals surface area contributed by atoms with Gasteiger partial charge in [0.15, 0.2) is 0 Å². The predicted octanol–water partition coefficient (Wildman–Crippen LogP) is 1.86. The Labute approximate surface area is 112 Å². The van der Waals surface area contributed by atoms with Gasteiger partial charge in [-0.25, -0.2) is 4.79 Å². The van der Waals surface area contributed by atoms with Crippen LogP contribution in [0.1, 0.15) is 30.5 Å². The molecule has 2 aromatic heterocycles. The minimum atomic E-state index is -0.266. The maximum atomic E-state index is 12.1. The van der Waals surface area contributed by atoms with E-state index < -0.39 is 0 Å². The van der Waals surface area contributed by atoms with Gasteiger partial charge < -0.3 is 4.90 Å². The number of pyridine rings is 1. The van der Waals surface area contributed by atoms with Crippen molar-refractivity contribution in [2.75, 3.05) is 18.0 Å². The summed E-state index contributed by atoms with van der Waals surface area (Å²) in [5.41, 5.74) is 3.71. The van der Waals surface area contributed by atoms with Crippen molar-refractivity contribution in [2.24, 2.45) is 0 Å². The highest BCUT2D eigenvalue weighted by atomic mass is 16.1. The maximum absolute atomic E-state index is 12.1. The lowest BCUT2D eigenvalue weighted by atomic mass is 10.1. The Hall–Kier alpha value is -1.91. The molecule has 0 bridgehead atoms. The highest BCUT2D eigenvalue weighted by Gasteiger charge is 2.12. The first-order valence-corrected chi connectivity index (χ1v) is 6.61. The van der Waals surface area contributed by atoms with Crippen molar-refractivity contribution in [3.05, 3.63) is 33.4 Å². The molecule has 5 heteroatoms. The van der Waals surface area contributed by atoms with Crippen LogP contribution in [0.4, 0.5) is 5.95 Å². The number of hydrogen-bond donors (Lipinski definition) is 0. The largest absolute Gasteiger partial charge is 0.356 e. The molecule has 0 amide bonds. The molecule has 0 saturated heterocycles. The van der Waals surface area contributed by atoms with E-state index in [1.54, 1.807) is 0 Å². The Morgan fingerprint density at radius 1 is 1.11 bits per heavy atom. The van der Waals surface area contributed by atoms with E-state index in [4.69, 9.17) is 0 Å². The third-order valence-corrected chi connectivity index (χ3v) is 3.69. The van der Waals surface area contributed by atoms with Crippen LogP contribution in [0.3, 0.4) is 0 Å². The minimum absolute atomic E-state index is 0.266. The first kappa shape index (κ1) is 13.5. The summed E-state index contributed by atoms with van der Waals surface area (Å²) in [5.74, 6) is 0.515. The summed E-state index contributed by atoms with van der Waals surface area (Å²) in [4.78, 5) is 22.8. The van der Waals surface area contributed by atoms with Crippen LogP contribution in [0.5, 0.6) is 0 Å². The van der Waals surface area contributed by atoms with Gasteiger partial charge >= 0.3 is 5.69 Å². The number of hydrogen-bond acceptors (Lipinski definition) is 4. The Morgan fingerprint density at radius 3 is 2.32 bits per heavy atom. The number of aryl methyl sites for hydroxylation is 2. The van der Waals surface area contributed by atoms with Crippen molar-refractivity contribution in [3.8, 4) is 0 Å². The molecule has 2 rings (SSSR count). The van der Waals surface area contributed by atoms with Crippen LogP contribution in [0, 0.1) is 20.8 Å². The van der Waals surface area contributed by atoms with E-state index in [2.05, 4.69) is 9.97 Å². The van der Waals surface area contributed by atoms with Gasteiger partial charge in [-0.1, -0.05) is 0 Å². The molecule has 0 aliphatic rings. The standard InChI is InChI=1S/C14H20N4O/c1-6-17(7-2)13-15-12-11(5)10(4)9(3)8-18(12)14(19)16-13/h8H,6-7H2,1-5H3. The SMILES string of the molecule is CCN(CC)c1nc(=O)n2cc(C)c(C)c(C)c2n1. The van der Waals surface area contributed by atoms with E-state index in [0.29, 0.717) is 11.6 Å². The monoisotopic (exact) mass is 260 g/mol. The second-order valence-electron chi connectivity index (χ2n) is 4.73. The molecule has 0 fully saturated rings. The molecule has 0 aliphatic heterocycles. The summed E-state index contributed by atoms with van der Waals surface area (Å²) in [6.07, 6.45) is 1.81. The van der Waals surface area contributed by atoms with Gasteiger partial charge in [0.2, 0.25) is 5.95 Å². The average Bonchev–Trinajstić information content (AvgIpc) is 2.39. The van der Waals surface area contributed by atoms with Gasteiger partial charge in [-0.2, -0.15) is 9.97 Å². The average molecular weight is 260 g/mol. The fourth-order valence-corrected chi connectivity index (χ4v) is 2.19. The smallest absolute Gasteiger partial charge is 0.341 e. The summed E-state index contributed by atoms with van der Waals surface area (Å²) >= 11 is 0. The summed E-state index contributed by atoms with van der Waals surface area (Å²) < 4.78 is 1.53. The highest BCUT2D eigenvalue weighted by Crippen LogP contribution is 2.17. The number of nitrogens with zero attached hydrogens (tertiary/aromatic N) is 4. The molecule has 0 aliphatic carbocycles. The zero-order valence-electron chi connectivity index (χ0n) is 12.2. The lowest BCUT2D eigenvalue weighted by molar-refractivity contribution is 0.797. The van der Waals surface area contributed by atoms with Gasteiger partial charge in [0.25, 0.3) is 0 Å². The van der Waals surface area contributed by atoms with Crippen LogP contribution in [0.25, 0.3) is 5.65 Å². The molecule has 2 heterocycles. The van der Waals surface area contributed by atoms with Gasteiger partial charge in [-0.3, -0.25) is 4.40 Å². The first-order valence-electron chi connectivity index (χ1n) is 6.61. The Bertz CT molecular complexity index is 671. The number of rotatable bonds is 3. The molecular weight excluding hydrogens is 240 g/mol. The van der Waals surface area contributed by atoms with Crippen molar-refractivity contribution in [3.63, 3.8) is 0 Å². The van der Waals surface area contributed by atoms with Crippen molar-refractivity contribution >= 4 is 11.6 Å². The van der Waals surface area contributed by atoms with E-state index in [0.717, 1.165) is 24.2 Å². The first-order chi connectivity index (χ1) is 8.99. The maximum Gasteiger partial charge on any atom is 0.356 e. The highest BCUT2D eigenvalue weighted by molar-refractivity contribution is 5.54. The number of fused-ring (bicyclic) bond motifs is 1. The van der Waals surface area contributed by atoms with E-state index >= 15 is 0 Å². The van der Waals surface area contributed by atoms with Gasteiger partial charge in [0, 0.05) is 19.3 Å². The summed E-state index contributed by atoms with van der Waals surface area (Å²) in [5, 5.41) is 0. The van der Waals surface area contributed by atoms with E-state index in [1.807, 2.05) is 45.7 Å². The van der Waals surface area contributed by atoms with Crippen molar-refractivity contribution < 1.29 is 0 Å². The number of aromatic nitrogens is 3. The third kappa shape index (κ3) is 2.20. The van der Waals surface area contributed by atoms with Crippen molar-refractivity contribution in [1.82, 2.24) is 14.4 Å². The normalized spacial score (nSPS) is 11.0. The third-order valence-electron chi connectivity index (χ3n) is 3.69. The Kier molecular flexibility index (Phi) is 3.55. The molecule has 0 N–H and O–H groups in total. The molecule has 0 spiro atoms. The molecule has 0 atom stereocenters. The quantitative estimate of drug-likeness (QED) is 0.845. The fraction of sp³-hybridized carbons (Fsp3) is 0.500. The van der Waals surface area contributed by atoms with Gasteiger partial charge in [-0.15, -0.1) is 0 Å². The molecule has 2 aromatic rings. The zero-order chi connectivity index (χ0) is 14.2. The molecule has 102 valence electrons. The summed E-state index contributed by atoms with van der Waals surface area (Å²) in [6, 6.07) is 0. The lowest BCUT2D eigenvalue weighted by Crippen LogP contribution is -2.29. The Balaban J connectivity index is 2.79.